The molecule has 8 heteroatoms. The van der Waals surface area contributed by atoms with Crippen molar-refractivity contribution >= 4 is 35.5 Å². The van der Waals surface area contributed by atoms with Crippen molar-refractivity contribution in [3.05, 3.63) is 83.1 Å². The number of hydrogen-bond donors (Lipinski definition) is 1. The Labute approximate surface area is 172 Å². The van der Waals surface area contributed by atoms with Crippen LogP contribution in [0.15, 0.2) is 77.2 Å². The fourth-order valence-electron chi connectivity index (χ4n) is 2.10. The Balaban J connectivity index is 1.41. The van der Waals surface area contributed by atoms with E-state index in [-0.39, 0.29) is 11.7 Å². The van der Waals surface area contributed by atoms with Gasteiger partial charge in [-0.15, -0.1) is 0 Å². The normalized spacial score (nSPS) is 10.8. The number of nitrogens with one attached hydrogen (secondary N) is 1. The molecule has 1 heterocycles. The van der Waals surface area contributed by atoms with E-state index < -0.39 is 0 Å². The van der Waals surface area contributed by atoms with Gasteiger partial charge in [0.25, 0.3) is 5.91 Å². The Kier molecular flexibility index (Phi) is 7.40. The molecule has 142 valence electrons. The molecule has 2 aromatic carbocycles. The molecule has 1 N–H and O–H groups in total. The lowest BCUT2D eigenvalue weighted by Gasteiger charge is -2.06. The maximum Gasteiger partial charge on any atom is 0.250 e. The topological polar surface area (TPSA) is 76.5 Å². The summed E-state index contributed by atoms with van der Waals surface area (Å²) in [6.07, 6.45) is 4.84. The molecule has 0 unspecified atom stereocenters. The molecule has 3 aromatic rings. The lowest BCUT2D eigenvalue weighted by Crippen LogP contribution is -2.19. The SMILES string of the molecule is O=C(CSc1ncccn1)NN=Cc1ccc(OCc2ccc(Cl)cc2)cc1. The molecule has 6 nitrogen and oxygen atoms in total. The fraction of sp³-hybridized carbons (Fsp3) is 0.100. The van der Waals surface area contributed by atoms with E-state index in [9.17, 15) is 4.79 Å². The van der Waals surface area contributed by atoms with Crippen LogP contribution in [0.2, 0.25) is 5.02 Å². The van der Waals surface area contributed by atoms with Gasteiger partial charge in [-0.2, -0.15) is 5.10 Å². The van der Waals surface area contributed by atoms with E-state index in [2.05, 4.69) is 20.5 Å². The summed E-state index contributed by atoms with van der Waals surface area (Å²) in [5.74, 6) is 0.714. The van der Waals surface area contributed by atoms with Gasteiger partial charge in [0.1, 0.15) is 12.4 Å². The number of carbonyl (C=O) groups is 1. The monoisotopic (exact) mass is 412 g/mol. The van der Waals surface area contributed by atoms with Crippen LogP contribution in [0.1, 0.15) is 11.1 Å². The number of rotatable bonds is 8. The predicted octanol–water partition coefficient (Wildman–Crippen LogP) is 3.95. The standard InChI is InChI=1S/C20H17ClN4O2S/c21-17-6-2-16(3-7-17)13-27-18-8-4-15(5-9-18)12-24-25-19(26)14-28-20-22-10-1-11-23-20/h1-12H,13-14H2,(H,25,26). The molecule has 0 aliphatic heterocycles. The molecule has 0 aliphatic carbocycles. The molecule has 3 rings (SSSR count). The molecule has 0 saturated heterocycles. The highest BCUT2D eigenvalue weighted by Gasteiger charge is 2.03. The quantitative estimate of drug-likeness (QED) is 0.262. The minimum atomic E-state index is -0.225. The second kappa shape index (κ2) is 10.4. The van der Waals surface area contributed by atoms with Crippen molar-refractivity contribution in [2.75, 3.05) is 5.75 Å². The van der Waals surface area contributed by atoms with Crippen molar-refractivity contribution in [3.8, 4) is 5.75 Å². The Hall–Kier alpha value is -2.90. The maximum atomic E-state index is 11.8. The third kappa shape index (κ3) is 6.68. The summed E-state index contributed by atoms with van der Waals surface area (Å²) in [6, 6.07) is 16.7. The molecule has 0 aliphatic rings. The van der Waals surface area contributed by atoms with Crippen molar-refractivity contribution in [1.82, 2.24) is 15.4 Å². The van der Waals surface area contributed by atoms with Crippen LogP contribution in [0.5, 0.6) is 5.75 Å². The molecule has 0 bridgehead atoms. The maximum absolute atomic E-state index is 11.8. The Morgan fingerprint density at radius 3 is 2.54 bits per heavy atom. The van der Waals surface area contributed by atoms with Crippen LogP contribution < -0.4 is 10.2 Å². The summed E-state index contributed by atoms with van der Waals surface area (Å²) in [5.41, 5.74) is 4.36. The number of hydrazone groups is 1. The summed E-state index contributed by atoms with van der Waals surface area (Å²) in [6.45, 7) is 0.462. The molecular weight excluding hydrogens is 396 g/mol. The zero-order valence-corrected chi connectivity index (χ0v) is 16.4. The number of aromatic nitrogens is 2. The average molecular weight is 413 g/mol. The first-order chi connectivity index (χ1) is 13.7. The van der Waals surface area contributed by atoms with E-state index in [1.807, 2.05) is 48.5 Å². The summed E-state index contributed by atoms with van der Waals surface area (Å²) in [4.78, 5) is 19.9. The second-order valence-electron chi connectivity index (χ2n) is 5.60. The zero-order valence-electron chi connectivity index (χ0n) is 14.8. The van der Waals surface area contributed by atoms with E-state index >= 15 is 0 Å². The molecule has 1 aromatic heterocycles. The smallest absolute Gasteiger partial charge is 0.250 e. The minimum Gasteiger partial charge on any atom is -0.489 e. The van der Waals surface area contributed by atoms with Gasteiger partial charge in [0.05, 0.1) is 12.0 Å². The first-order valence-electron chi connectivity index (χ1n) is 8.38. The molecule has 0 radical (unpaired) electrons. The Morgan fingerprint density at radius 2 is 1.82 bits per heavy atom. The van der Waals surface area contributed by atoms with Gasteiger partial charge in [-0.05, 0) is 53.6 Å². The van der Waals surface area contributed by atoms with Gasteiger partial charge in [0, 0.05) is 17.4 Å². The van der Waals surface area contributed by atoms with Crippen molar-refractivity contribution in [2.24, 2.45) is 5.10 Å². The van der Waals surface area contributed by atoms with Gasteiger partial charge in [0.15, 0.2) is 5.16 Å². The van der Waals surface area contributed by atoms with Crippen molar-refractivity contribution in [1.29, 1.82) is 0 Å². The van der Waals surface area contributed by atoms with Gasteiger partial charge in [-0.3, -0.25) is 4.79 Å². The van der Waals surface area contributed by atoms with Crippen LogP contribution in [-0.2, 0) is 11.4 Å². The Morgan fingerprint density at radius 1 is 1.11 bits per heavy atom. The predicted molar refractivity (Wildman–Crippen MR) is 111 cm³/mol. The van der Waals surface area contributed by atoms with Crippen LogP contribution in [-0.4, -0.2) is 27.8 Å². The molecule has 0 fully saturated rings. The number of benzene rings is 2. The summed E-state index contributed by atoms with van der Waals surface area (Å²) < 4.78 is 5.73. The van der Waals surface area contributed by atoms with Crippen LogP contribution in [0.25, 0.3) is 0 Å². The number of hydrogen-bond acceptors (Lipinski definition) is 6. The molecule has 1 amide bonds. The third-order valence-corrected chi connectivity index (χ3v) is 4.60. The van der Waals surface area contributed by atoms with E-state index in [4.69, 9.17) is 16.3 Å². The molecule has 28 heavy (non-hydrogen) atoms. The number of ether oxygens (including phenoxy) is 1. The van der Waals surface area contributed by atoms with Gasteiger partial charge < -0.3 is 4.74 Å². The van der Waals surface area contributed by atoms with E-state index in [0.29, 0.717) is 16.8 Å². The summed E-state index contributed by atoms with van der Waals surface area (Å²) >= 11 is 7.12. The molecular formula is C20H17ClN4O2S. The van der Waals surface area contributed by atoms with Crippen LogP contribution in [0.3, 0.4) is 0 Å². The number of halogens is 1. The fourth-order valence-corrected chi connectivity index (χ4v) is 2.82. The van der Waals surface area contributed by atoms with Crippen molar-refractivity contribution in [3.63, 3.8) is 0 Å². The minimum absolute atomic E-state index is 0.193. The van der Waals surface area contributed by atoms with Crippen LogP contribution in [0.4, 0.5) is 0 Å². The summed E-state index contributed by atoms with van der Waals surface area (Å²) in [7, 11) is 0. The number of nitrogens with zero attached hydrogens (tertiary/aromatic N) is 3. The summed E-state index contributed by atoms with van der Waals surface area (Å²) in [5, 5.41) is 5.21. The molecule has 0 spiro atoms. The van der Waals surface area contributed by atoms with E-state index in [0.717, 1.165) is 16.9 Å². The highest BCUT2D eigenvalue weighted by molar-refractivity contribution is 7.99. The lowest BCUT2D eigenvalue weighted by atomic mass is 10.2. The van der Waals surface area contributed by atoms with Crippen molar-refractivity contribution < 1.29 is 9.53 Å². The van der Waals surface area contributed by atoms with Crippen molar-refractivity contribution in [2.45, 2.75) is 11.8 Å². The number of amides is 1. The van der Waals surface area contributed by atoms with Gasteiger partial charge in [-0.25, -0.2) is 15.4 Å². The molecule has 0 saturated carbocycles. The average Bonchev–Trinajstić information content (AvgIpc) is 2.73. The number of carbonyl (C=O) groups excluding carboxylic acids is 1. The van der Waals surface area contributed by atoms with E-state index in [1.165, 1.54) is 11.8 Å². The molecule has 0 atom stereocenters. The first kappa shape index (κ1) is 19.9. The number of thioether (sulfide) groups is 1. The van der Waals surface area contributed by atoms with Crippen LogP contribution in [0, 0.1) is 0 Å². The highest BCUT2D eigenvalue weighted by Crippen LogP contribution is 2.15. The first-order valence-corrected chi connectivity index (χ1v) is 9.74. The highest BCUT2D eigenvalue weighted by atomic mass is 35.5. The van der Waals surface area contributed by atoms with Gasteiger partial charge in [-0.1, -0.05) is 35.5 Å². The van der Waals surface area contributed by atoms with Gasteiger partial charge in [0.2, 0.25) is 0 Å². The third-order valence-electron chi connectivity index (χ3n) is 3.48. The van der Waals surface area contributed by atoms with Gasteiger partial charge >= 0.3 is 0 Å². The lowest BCUT2D eigenvalue weighted by molar-refractivity contribution is -0.118. The largest absolute Gasteiger partial charge is 0.489 e. The van der Waals surface area contributed by atoms with E-state index in [1.54, 1.807) is 24.7 Å². The Bertz CT molecular complexity index is 919. The van der Waals surface area contributed by atoms with Crippen LogP contribution >= 0.6 is 23.4 Å². The zero-order chi connectivity index (χ0) is 19.6. The second-order valence-corrected chi connectivity index (χ2v) is 6.98.